The smallest absolute Gasteiger partial charge is 0.0791 e. The minimum Gasteiger partial charge on any atom is -0.390 e. The molecule has 0 aliphatic heterocycles. The van der Waals surface area contributed by atoms with Gasteiger partial charge in [0.25, 0.3) is 0 Å². The maximum Gasteiger partial charge on any atom is 0.0791 e. The van der Waals surface area contributed by atoms with Crippen LogP contribution in [0.1, 0.15) is 13.8 Å². The maximum absolute atomic E-state index is 9.69. The highest BCUT2D eigenvalue weighted by molar-refractivity contribution is 4.64. The van der Waals surface area contributed by atoms with Gasteiger partial charge in [-0.3, -0.25) is 0 Å². The van der Waals surface area contributed by atoms with Gasteiger partial charge in [0.1, 0.15) is 0 Å². The van der Waals surface area contributed by atoms with Gasteiger partial charge < -0.3 is 20.1 Å². The molecule has 0 aromatic rings. The van der Waals surface area contributed by atoms with Crippen molar-refractivity contribution in [3.8, 4) is 0 Å². The molecule has 0 aromatic carbocycles. The van der Waals surface area contributed by atoms with Crippen LogP contribution in [0.5, 0.6) is 0 Å². The van der Waals surface area contributed by atoms with Gasteiger partial charge >= 0.3 is 0 Å². The predicted molar refractivity (Wildman–Crippen MR) is 63.1 cm³/mol. The second-order valence-electron chi connectivity index (χ2n) is 4.46. The van der Waals surface area contributed by atoms with Crippen molar-refractivity contribution in [2.24, 2.45) is 5.92 Å². The van der Waals surface area contributed by atoms with Crippen LogP contribution in [0.25, 0.3) is 0 Å². The molecule has 0 saturated heterocycles. The van der Waals surface area contributed by atoms with Crippen molar-refractivity contribution in [1.82, 2.24) is 10.2 Å². The Bertz CT molecular complexity index is 143. The molecule has 92 valence electrons. The van der Waals surface area contributed by atoms with E-state index >= 15 is 0 Å². The van der Waals surface area contributed by atoms with Crippen LogP contribution in [0.2, 0.25) is 0 Å². The average molecular weight is 218 g/mol. The number of aliphatic hydroxyl groups is 1. The average Bonchev–Trinajstić information content (AvgIpc) is 2.14. The molecule has 1 unspecified atom stereocenters. The molecule has 15 heavy (non-hydrogen) atoms. The molecule has 0 fully saturated rings. The van der Waals surface area contributed by atoms with Crippen LogP contribution in [0, 0.1) is 5.92 Å². The first-order chi connectivity index (χ1) is 7.06. The summed E-state index contributed by atoms with van der Waals surface area (Å²) >= 11 is 0. The number of ether oxygens (including phenoxy) is 1. The molecule has 0 aromatic heterocycles. The summed E-state index contributed by atoms with van der Waals surface area (Å²) in [7, 11) is 3.68. The molecular weight excluding hydrogens is 192 g/mol. The number of hydrogen-bond donors (Lipinski definition) is 2. The van der Waals surface area contributed by atoms with E-state index in [1.165, 1.54) is 0 Å². The van der Waals surface area contributed by atoms with Crippen LogP contribution in [-0.2, 0) is 4.74 Å². The molecule has 0 radical (unpaired) electrons. The number of nitrogens with one attached hydrogen (secondary N) is 1. The molecule has 0 aliphatic rings. The van der Waals surface area contributed by atoms with E-state index in [1.807, 2.05) is 7.05 Å². The summed E-state index contributed by atoms with van der Waals surface area (Å²) in [5.41, 5.74) is 0. The van der Waals surface area contributed by atoms with Crippen molar-refractivity contribution in [2.75, 3.05) is 46.9 Å². The molecule has 0 rings (SSSR count). The second-order valence-corrected chi connectivity index (χ2v) is 4.46. The van der Waals surface area contributed by atoms with Gasteiger partial charge in [0.05, 0.1) is 12.7 Å². The monoisotopic (exact) mass is 218 g/mol. The van der Waals surface area contributed by atoms with Crippen molar-refractivity contribution in [2.45, 2.75) is 20.0 Å². The van der Waals surface area contributed by atoms with E-state index in [9.17, 15) is 5.11 Å². The third-order valence-corrected chi connectivity index (χ3v) is 2.13. The first kappa shape index (κ1) is 14.8. The van der Waals surface area contributed by atoms with Crippen molar-refractivity contribution >= 4 is 0 Å². The van der Waals surface area contributed by atoms with Crippen LogP contribution >= 0.6 is 0 Å². The molecule has 0 spiro atoms. The Morgan fingerprint density at radius 2 is 2.00 bits per heavy atom. The van der Waals surface area contributed by atoms with E-state index in [0.717, 1.165) is 13.1 Å². The van der Waals surface area contributed by atoms with Crippen molar-refractivity contribution in [3.05, 3.63) is 0 Å². The number of likely N-dealkylation sites (N-methyl/N-ethyl adjacent to an activating group) is 1. The van der Waals surface area contributed by atoms with E-state index in [-0.39, 0.29) is 6.10 Å². The zero-order chi connectivity index (χ0) is 11.7. The summed E-state index contributed by atoms with van der Waals surface area (Å²) in [5.74, 6) is 0.628. The Labute approximate surface area is 93.6 Å². The van der Waals surface area contributed by atoms with Gasteiger partial charge in [-0.25, -0.2) is 0 Å². The zero-order valence-corrected chi connectivity index (χ0v) is 10.5. The number of methoxy groups -OCH3 is 1. The number of nitrogens with zero attached hydrogens (tertiary/aromatic N) is 1. The quantitative estimate of drug-likeness (QED) is 0.579. The summed E-state index contributed by atoms with van der Waals surface area (Å²) in [5, 5.41) is 12.9. The number of aliphatic hydroxyl groups excluding tert-OH is 1. The zero-order valence-electron chi connectivity index (χ0n) is 10.5. The van der Waals surface area contributed by atoms with Crippen molar-refractivity contribution in [3.63, 3.8) is 0 Å². The molecule has 1 atom stereocenters. The SMILES string of the molecule is COCCN(C)CC(O)CNCC(C)C. The molecule has 0 heterocycles. The van der Waals surface area contributed by atoms with Crippen LogP contribution in [0.15, 0.2) is 0 Å². The maximum atomic E-state index is 9.69. The minimum absolute atomic E-state index is 0.300. The Kier molecular flexibility index (Phi) is 9.00. The second kappa shape index (κ2) is 9.09. The Morgan fingerprint density at radius 1 is 1.33 bits per heavy atom. The molecule has 0 amide bonds. The van der Waals surface area contributed by atoms with Crippen LogP contribution < -0.4 is 5.32 Å². The largest absolute Gasteiger partial charge is 0.390 e. The molecule has 4 nitrogen and oxygen atoms in total. The minimum atomic E-state index is -0.300. The van der Waals surface area contributed by atoms with Gasteiger partial charge in [-0.1, -0.05) is 13.8 Å². The molecule has 2 N–H and O–H groups in total. The Morgan fingerprint density at radius 3 is 2.53 bits per heavy atom. The standard InChI is InChI=1S/C11H26N2O2/c1-10(2)7-12-8-11(14)9-13(3)5-6-15-4/h10-12,14H,5-9H2,1-4H3. The molecular formula is C11H26N2O2. The van der Waals surface area contributed by atoms with Gasteiger partial charge in [-0.2, -0.15) is 0 Å². The van der Waals surface area contributed by atoms with Crippen LogP contribution in [0.4, 0.5) is 0 Å². The lowest BCUT2D eigenvalue weighted by Crippen LogP contribution is -2.38. The van der Waals surface area contributed by atoms with Crippen molar-refractivity contribution in [1.29, 1.82) is 0 Å². The van der Waals surface area contributed by atoms with Gasteiger partial charge in [0.2, 0.25) is 0 Å². The summed E-state index contributed by atoms with van der Waals surface area (Å²) in [6.45, 7) is 8.19. The van der Waals surface area contributed by atoms with E-state index in [4.69, 9.17) is 4.74 Å². The first-order valence-electron chi connectivity index (χ1n) is 5.62. The molecule has 0 saturated carbocycles. The summed E-state index contributed by atoms with van der Waals surface area (Å²) in [6.07, 6.45) is -0.300. The summed E-state index contributed by atoms with van der Waals surface area (Å²) in [6, 6.07) is 0. The first-order valence-corrected chi connectivity index (χ1v) is 5.62. The van der Waals surface area contributed by atoms with E-state index in [2.05, 4.69) is 24.1 Å². The number of hydrogen-bond acceptors (Lipinski definition) is 4. The summed E-state index contributed by atoms with van der Waals surface area (Å²) < 4.78 is 4.97. The van der Waals surface area contributed by atoms with Gasteiger partial charge in [0.15, 0.2) is 0 Å². The molecule has 0 aliphatic carbocycles. The Hall–Kier alpha value is -0.160. The lowest BCUT2D eigenvalue weighted by molar-refractivity contribution is 0.102. The van der Waals surface area contributed by atoms with E-state index in [0.29, 0.717) is 25.6 Å². The van der Waals surface area contributed by atoms with Crippen molar-refractivity contribution < 1.29 is 9.84 Å². The van der Waals surface area contributed by atoms with Crippen LogP contribution in [-0.4, -0.2) is 63.1 Å². The van der Waals surface area contributed by atoms with Gasteiger partial charge in [-0.15, -0.1) is 0 Å². The normalized spacial score (nSPS) is 13.8. The van der Waals surface area contributed by atoms with E-state index < -0.39 is 0 Å². The lowest BCUT2D eigenvalue weighted by atomic mass is 10.2. The third-order valence-electron chi connectivity index (χ3n) is 2.13. The summed E-state index contributed by atoms with van der Waals surface area (Å²) in [4.78, 5) is 2.07. The highest BCUT2D eigenvalue weighted by Gasteiger charge is 2.07. The molecule has 4 heteroatoms. The lowest BCUT2D eigenvalue weighted by Gasteiger charge is -2.20. The fourth-order valence-corrected chi connectivity index (χ4v) is 1.30. The van der Waals surface area contributed by atoms with Crippen LogP contribution in [0.3, 0.4) is 0 Å². The highest BCUT2D eigenvalue weighted by atomic mass is 16.5. The van der Waals surface area contributed by atoms with Gasteiger partial charge in [0, 0.05) is 26.7 Å². The topological polar surface area (TPSA) is 44.7 Å². The van der Waals surface area contributed by atoms with Gasteiger partial charge in [-0.05, 0) is 19.5 Å². The Balaban J connectivity index is 3.42. The fraction of sp³-hybridized carbons (Fsp3) is 1.00. The fourth-order valence-electron chi connectivity index (χ4n) is 1.30. The number of rotatable bonds is 9. The van der Waals surface area contributed by atoms with E-state index in [1.54, 1.807) is 7.11 Å². The predicted octanol–water partition coefficient (Wildman–Crippen LogP) is 0.171. The molecule has 0 bridgehead atoms. The third kappa shape index (κ3) is 10.1. The highest BCUT2D eigenvalue weighted by Crippen LogP contribution is 1.91.